The van der Waals surface area contributed by atoms with Gasteiger partial charge in [-0.05, 0) is 62.8 Å². The molecule has 0 saturated heterocycles. The second-order valence-electron chi connectivity index (χ2n) is 8.73. The zero-order valence-corrected chi connectivity index (χ0v) is 19.5. The minimum Gasteiger partial charge on any atom is -0.487 e. The highest BCUT2D eigenvalue weighted by atomic mass is 16.6. The Morgan fingerprint density at radius 3 is 2.06 bits per heavy atom. The number of pyridine rings is 2. The van der Waals surface area contributed by atoms with Crippen LogP contribution >= 0.6 is 0 Å². The van der Waals surface area contributed by atoms with Crippen LogP contribution in [0.4, 0.5) is 5.82 Å². The molecule has 172 valence electrons. The molecule has 0 spiro atoms. The van der Waals surface area contributed by atoms with Crippen molar-refractivity contribution in [2.75, 3.05) is 0 Å². The minimum absolute atomic E-state index is 0.153. The first-order valence-electron chi connectivity index (χ1n) is 11.2. The summed E-state index contributed by atoms with van der Waals surface area (Å²) in [5.74, 6) is 1.00. The predicted molar refractivity (Wildman–Crippen MR) is 133 cm³/mol. The van der Waals surface area contributed by atoms with Crippen LogP contribution in [0, 0.1) is 16.0 Å². The Morgan fingerprint density at radius 2 is 1.53 bits per heavy atom. The molecule has 1 unspecified atom stereocenters. The van der Waals surface area contributed by atoms with Crippen molar-refractivity contribution in [3.05, 3.63) is 118 Å². The van der Waals surface area contributed by atoms with Gasteiger partial charge in [0.2, 0.25) is 0 Å². The summed E-state index contributed by atoms with van der Waals surface area (Å²) in [6, 6.07) is 25.6. The number of hydrogen-bond acceptors (Lipinski definition) is 5. The van der Waals surface area contributed by atoms with Gasteiger partial charge < -0.3 is 14.9 Å². The van der Waals surface area contributed by atoms with Gasteiger partial charge in [0.25, 0.3) is 0 Å². The summed E-state index contributed by atoms with van der Waals surface area (Å²) in [4.78, 5) is 18.6. The van der Waals surface area contributed by atoms with Crippen LogP contribution in [0.2, 0.25) is 0 Å². The van der Waals surface area contributed by atoms with Gasteiger partial charge in [-0.1, -0.05) is 63.2 Å². The molecule has 6 nitrogen and oxygen atoms in total. The molecule has 2 aromatic heterocycles. The van der Waals surface area contributed by atoms with E-state index < -0.39 is 4.92 Å². The van der Waals surface area contributed by atoms with Crippen LogP contribution in [0.3, 0.4) is 0 Å². The van der Waals surface area contributed by atoms with Crippen LogP contribution < -0.4 is 4.74 Å². The predicted octanol–water partition coefficient (Wildman–Crippen LogP) is 6.59. The van der Waals surface area contributed by atoms with E-state index in [2.05, 4.69) is 55.0 Å². The van der Waals surface area contributed by atoms with Crippen molar-refractivity contribution >= 4 is 5.82 Å². The van der Waals surface area contributed by atoms with Crippen molar-refractivity contribution in [2.45, 2.75) is 32.8 Å². The second-order valence-corrected chi connectivity index (χ2v) is 8.73. The molecule has 0 saturated carbocycles. The van der Waals surface area contributed by atoms with E-state index in [1.165, 1.54) is 17.2 Å². The Balaban J connectivity index is 1.54. The molecule has 2 aromatic carbocycles. The lowest BCUT2D eigenvalue weighted by Crippen LogP contribution is -2.30. The zero-order chi connectivity index (χ0) is 24.1. The highest BCUT2D eigenvalue weighted by Gasteiger charge is 2.32. The molecule has 0 N–H and O–H groups in total. The van der Waals surface area contributed by atoms with Crippen LogP contribution in [0.5, 0.6) is 5.75 Å². The van der Waals surface area contributed by atoms with E-state index in [1.54, 1.807) is 18.5 Å². The van der Waals surface area contributed by atoms with Gasteiger partial charge in [-0.3, -0.25) is 4.98 Å². The minimum atomic E-state index is -0.490. The van der Waals surface area contributed by atoms with E-state index in [-0.39, 0.29) is 11.2 Å². The third-order valence-electron chi connectivity index (χ3n) is 6.47. The summed E-state index contributed by atoms with van der Waals surface area (Å²) in [6.45, 7) is 7.13. The SMILES string of the molecule is CC(C)C(C)(c1ccc(OCc2ccccn2)cc1)c1ccc(-c2ccc([N+](=O)[O-])nc2)cc1. The first-order chi connectivity index (χ1) is 16.4. The standard InChI is InChI=1S/C28H27N3O3/c1-20(2)28(3,24-12-14-26(15-13-24)34-19-25-6-4-5-17-29-25)23-10-7-21(8-11-23)22-9-16-27(30-18-22)31(32)33/h4-18,20H,19H2,1-3H3. The maximum Gasteiger partial charge on any atom is 0.363 e. The van der Waals surface area contributed by atoms with Crippen molar-refractivity contribution in [2.24, 2.45) is 5.92 Å². The summed E-state index contributed by atoms with van der Waals surface area (Å²) in [5.41, 5.74) is 4.90. The molecule has 0 aliphatic heterocycles. The molecule has 1 atom stereocenters. The number of aromatic nitrogens is 2. The molecule has 4 rings (SSSR count). The summed E-state index contributed by atoms with van der Waals surface area (Å²) in [6.07, 6.45) is 3.30. The van der Waals surface area contributed by atoms with Gasteiger partial charge in [-0.25, -0.2) is 0 Å². The zero-order valence-electron chi connectivity index (χ0n) is 19.5. The smallest absolute Gasteiger partial charge is 0.363 e. The summed E-state index contributed by atoms with van der Waals surface area (Å²) >= 11 is 0. The van der Waals surface area contributed by atoms with Gasteiger partial charge in [0.15, 0.2) is 0 Å². The highest BCUT2D eigenvalue weighted by molar-refractivity contribution is 5.64. The topological polar surface area (TPSA) is 78.2 Å². The molecule has 2 heterocycles. The third kappa shape index (κ3) is 4.81. The molecule has 0 bridgehead atoms. The van der Waals surface area contributed by atoms with Crippen LogP contribution in [0.25, 0.3) is 11.1 Å². The fraction of sp³-hybridized carbons (Fsp3) is 0.214. The van der Waals surface area contributed by atoms with Crippen molar-refractivity contribution in [3.63, 3.8) is 0 Å². The van der Waals surface area contributed by atoms with E-state index in [9.17, 15) is 10.1 Å². The Bertz CT molecular complexity index is 1240. The second kappa shape index (κ2) is 9.83. The molecular weight excluding hydrogens is 426 g/mol. The lowest BCUT2D eigenvalue weighted by atomic mass is 9.68. The quantitative estimate of drug-likeness (QED) is 0.222. The molecule has 6 heteroatoms. The van der Waals surface area contributed by atoms with E-state index in [1.807, 2.05) is 42.5 Å². The van der Waals surface area contributed by atoms with E-state index in [4.69, 9.17) is 4.74 Å². The van der Waals surface area contributed by atoms with E-state index in [0.717, 1.165) is 22.6 Å². The number of ether oxygens (including phenoxy) is 1. The molecule has 4 aromatic rings. The molecule has 0 fully saturated rings. The molecule has 34 heavy (non-hydrogen) atoms. The third-order valence-corrected chi connectivity index (χ3v) is 6.47. The average Bonchev–Trinajstić information content (AvgIpc) is 2.88. The Morgan fingerprint density at radius 1 is 0.882 bits per heavy atom. The van der Waals surface area contributed by atoms with E-state index >= 15 is 0 Å². The van der Waals surface area contributed by atoms with Gasteiger partial charge in [0.05, 0.1) is 5.69 Å². The fourth-order valence-electron chi connectivity index (χ4n) is 4.05. The number of nitro groups is 1. The van der Waals surface area contributed by atoms with Crippen LogP contribution in [-0.2, 0) is 12.0 Å². The number of benzene rings is 2. The van der Waals surface area contributed by atoms with E-state index in [0.29, 0.717) is 12.5 Å². The number of rotatable bonds is 8. The highest BCUT2D eigenvalue weighted by Crippen LogP contribution is 2.40. The first kappa shape index (κ1) is 23.1. The van der Waals surface area contributed by atoms with Gasteiger partial charge in [-0.15, -0.1) is 0 Å². The Kier molecular flexibility index (Phi) is 6.68. The first-order valence-corrected chi connectivity index (χ1v) is 11.2. The molecule has 0 amide bonds. The lowest BCUT2D eigenvalue weighted by molar-refractivity contribution is -0.389. The van der Waals surface area contributed by atoms with Crippen molar-refractivity contribution in [1.29, 1.82) is 0 Å². The van der Waals surface area contributed by atoms with Crippen LogP contribution in [-0.4, -0.2) is 14.9 Å². The maximum absolute atomic E-state index is 10.9. The van der Waals surface area contributed by atoms with Crippen molar-refractivity contribution in [3.8, 4) is 16.9 Å². The van der Waals surface area contributed by atoms with Gasteiger partial charge >= 0.3 is 5.82 Å². The number of nitrogens with zero attached hydrogens (tertiary/aromatic N) is 3. The van der Waals surface area contributed by atoms with Crippen LogP contribution in [0.1, 0.15) is 37.6 Å². The summed E-state index contributed by atoms with van der Waals surface area (Å²) in [7, 11) is 0. The van der Waals surface area contributed by atoms with Crippen LogP contribution in [0.15, 0.2) is 91.3 Å². The van der Waals surface area contributed by atoms with Gasteiger partial charge in [-0.2, -0.15) is 0 Å². The molecule has 0 radical (unpaired) electrons. The lowest BCUT2D eigenvalue weighted by Gasteiger charge is -2.35. The van der Waals surface area contributed by atoms with Gasteiger partial charge in [0, 0.05) is 23.2 Å². The normalized spacial score (nSPS) is 12.8. The fourth-order valence-corrected chi connectivity index (χ4v) is 4.05. The van der Waals surface area contributed by atoms with Crippen molar-refractivity contribution in [1.82, 2.24) is 9.97 Å². The molecule has 0 aliphatic carbocycles. The maximum atomic E-state index is 10.9. The molecular formula is C28H27N3O3. The van der Waals surface area contributed by atoms with Crippen molar-refractivity contribution < 1.29 is 9.66 Å². The Labute approximate surface area is 199 Å². The Hall–Kier alpha value is -4.06. The monoisotopic (exact) mass is 453 g/mol. The average molecular weight is 454 g/mol. The summed E-state index contributed by atoms with van der Waals surface area (Å²) in [5, 5.41) is 10.9. The molecule has 0 aliphatic rings. The summed E-state index contributed by atoms with van der Waals surface area (Å²) < 4.78 is 5.90. The largest absolute Gasteiger partial charge is 0.487 e. The number of hydrogen-bond donors (Lipinski definition) is 0. The van der Waals surface area contributed by atoms with Gasteiger partial charge in [0.1, 0.15) is 18.6 Å².